The summed E-state index contributed by atoms with van der Waals surface area (Å²) >= 11 is 3.63. The molecule has 0 radical (unpaired) electrons. The van der Waals surface area contributed by atoms with E-state index in [9.17, 15) is 0 Å². The maximum absolute atomic E-state index is 6.02. The Labute approximate surface area is 111 Å². The number of hydrogen-bond donors (Lipinski definition) is 1. The number of furan rings is 1. The third kappa shape index (κ3) is 2.14. The van der Waals surface area contributed by atoms with E-state index in [4.69, 9.17) is 4.42 Å². The van der Waals surface area contributed by atoms with Gasteiger partial charge >= 0.3 is 0 Å². The lowest BCUT2D eigenvalue weighted by Crippen LogP contribution is -2.06. The second kappa shape index (κ2) is 4.83. The molecule has 0 aliphatic heterocycles. The van der Waals surface area contributed by atoms with Gasteiger partial charge in [0.05, 0.1) is 6.54 Å². The number of rotatable bonds is 3. The average Bonchev–Trinajstić information content (AvgIpc) is 2.64. The van der Waals surface area contributed by atoms with Crippen LogP contribution in [0.3, 0.4) is 0 Å². The maximum atomic E-state index is 6.02. The van der Waals surface area contributed by atoms with Crippen molar-refractivity contribution in [2.75, 3.05) is 7.05 Å². The minimum Gasteiger partial charge on any atom is -0.459 e. The van der Waals surface area contributed by atoms with E-state index in [1.165, 1.54) is 16.5 Å². The van der Waals surface area contributed by atoms with E-state index in [1.807, 2.05) is 7.05 Å². The predicted molar refractivity (Wildman–Crippen MR) is 75.5 cm³/mol. The molecule has 92 valence electrons. The molecule has 1 N–H and O–H groups in total. The van der Waals surface area contributed by atoms with E-state index in [-0.39, 0.29) is 0 Å². The van der Waals surface area contributed by atoms with Crippen molar-refractivity contribution in [1.29, 1.82) is 0 Å². The van der Waals surface area contributed by atoms with Gasteiger partial charge in [0.2, 0.25) is 0 Å². The second-order valence-electron chi connectivity index (χ2n) is 4.69. The van der Waals surface area contributed by atoms with Gasteiger partial charge in [-0.15, -0.1) is 0 Å². The maximum Gasteiger partial charge on any atom is 0.138 e. The Morgan fingerprint density at radius 2 is 2.06 bits per heavy atom. The summed E-state index contributed by atoms with van der Waals surface area (Å²) in [7, 11) is 1.94. The zero-order valence-electron chi connectivity index (χ0n) is 10.7. The summed E-state index contributed by atoms with van der Waals surface area (Å²) in [6, 6.07) is 4.19. The molecule has 2 aromatic rings. The van der Waals surface area contributed by atoms with E-state index in [0.29, 0.717) is 5.92 Å². The molecule has 17 heavy (non-hydrogen) atoms. The molecular formula is C14H18BrNO. The van der Waals surface area contributed by atoms with Crippen LogP contribution in [0.5, 0.6) is 0 Å². The highest BCUT2D eigenvalue weighted by Crippen LogP contribution is 2.37. The lowest BCUT2D eigenvalue weighted by atomic mass is 9.98. The zero-order chi connectivity index (χ0) is 12.6. The molecule has 0 saturated carbocycles. The van der Waals surface area contributed by atoms with Crippen LogP contribution in [0, 0.1) is 6.92 Å². The van der Waals surface area contributed by atoms with Crippen LogP contribution in [-0.2, 0) is 6.54 Å². The van der Waals surface area contributed by atoms with Crippen molar-refractivity contribution in [3.05, 3.63) is 33.5 Å². The molecule has 0 atom stereocenters. The first-order valence-corrected chi connectivity index (χ1v) is 6.70. The fourth-order valence-corrected chi connectivity index (χ4v) is 2.79. The Morgan fingerprint density at radius 3 is 2.65 bits per heavy atom. The van der Waals surface area contributed by atoms with E-state index in [0.717, 1.165) is 22.4 Å². The monoisotopic (exact) mass is 295 g/mol. The van der Waals surface area contributed by atoms with Crippen LogP contribution in [0.15, 0.2) is 21.0 Å². The van der Waals surface area contributed by atoms with Gasteiger partial charge in [-0.3, -0.25) is 0 Å². The molecule has 0 unspecified atom stereocenters. The highest BCUT2D eigenvalue weighted by molar-refractivity contribution is 9.10. The molecule has 1 aromatic carbocycles. The van der Waals surface area contributed by atoms with Crippen LogP contribution in [0.4, 0.5) is 0 Å². The number of benzene rings is 1. The van der Waals surface area contributed by atoms with Gasteiger partial charge in [-0.05, 0) is 31.5 Å². The topological polar surface area (TPSA) is 25.2 Å². The summed E-state index contributed by atoms with van der Waals surface area (Å²) in [5.74, 6) is 1.50. The fourth-order valence-electron chi connectivity index (χ4n) is 2.27. The minimum absolute atomic E-state index is 0.456. The lowest BCUT2D eigenvalue weighted by molar-refractivity contribution is 0.519. The van der Waals surface area contributed by atoms with E-state index in [1.54, 1.807) is 0 Å². The van der Waals surface area contributed by atoms with Crippen LogP contribution >= 0.6 is 15.9 Å². The molecule has 0 fully saturated rings. The van der Waals surface area contributed by atoms with Crippen molar-refractivity contribution in [1.82, 2.24) is 5.32 Å². The Kier molecular flexibility index (Phi) is 3.59. The first kappa shape index (κ1) is 12.7. The molecular weight excluding hydrogens is 278 g/mol. The fraction of sp³-hybridized carbons (Fsp3) is 0.429. The average molecular weight is 296 g/mol. The van der Waals surface area contributed by atoms with Crippen molar-refractivity contribution in [2.45, 2.75) is 33.2 Å². The van der Waals surface area contributed by atoms with E-state index >= 15 is 0 Å². The van der Waals surface area contributed by atoms with Gasteiger partial charge in [-0.1, -0.05) is 35.8 Å². The SMILES string of the molecule is CNCc1oc2c(C)ccc(Br)c2c1C(C)C. The third-order valence-electron chi connectivity index (χ3n) is 3.01. The molecule has 2 rings (SSSR count). The van der Waals surface area contributed by atoms with Crippen LogP contribution in [-0.4, -0.2) is 7.05 Å². The van der Waals surface area contributed by atoms with E-state index in [2.05, 4.69) is 54.2 Å². The van der Waals surface area contributed by atoms with Crippen molar-refractivity contribution in [2.24, 2.45) is 0 Å². The Hall–Kier alpha value is -0.800. The van der Waals surface area contributed by atoms with Gasteiger partial charge in [0, 0.05) is 15.4 Å². The molecule has 1 heterocycles. The van der Waals surface area contributed by atoms with Crippen molar-refractivity contribution in [3.8, 4) is 0 Å². The van der Waals surface area contributed by atoms with Gasteiger partial charge in [0.15, 0.2) is 0 Å². The number of hydrogen-bond acceptors (Lipinski definition) is 2. The quantitative estimate of drug-likeness (QED) is 0.911. The molecule has 0 amide bonds. The van der Waals surface area contributed by atoms with Crippen molar-refractivity contribution >= 4 is 26.9 Å². The second-order valence-corrected chi connectivity index (χ2v) is 5.55. The van der Waals surface area contributed by atoms with Crippen LogP contribution in [0.2, 0.25) is 0 Å². The van der Waals surface area contributed by atoms with Gasteiger partial charge in [0.25, 0.3) is 0 Å². The Balaban J connectivity index is 2.80. The van der Waals surface area contributed by atoms with Crippen molar-refractivity contribution in [3.63, 3.8) is 0 Å². The summed E-state index contributed by atoms with van der Waals surface area (Å²) in [4.78, 5) is 0. The minimum atomic E-state index is 0.456. The normalized spacial score (nSPS) is 11.6. The van der Waals surface area contributed by atoms with Crippen LogP contribution in [0.25, 0.3) is 11.0 Å². The third-order valence-corrected chi connectivity index (χ3v) is 3.67. The highest BCUT2D eigenvalue weighted by atomic mass is 79.9. The van der Waals surface area contributed by atoms with E-state index < -0.39 is 0 Å². The largest absolute Gasteiger partial charge is 0.459 e. The smallest absolute Gasteiger partial charge is 0.138 e. The molecule has 0 spiro atoms. The predicted octanol–water partition coefficient (Wildman–Crippen LogP) is 4.35. The first-order valence-electron chi connectivity index (χ1n) is 5.91. The van der Waals surface area contributed by atoms with Gasteiger partial charge in [-0.25, -0.2) is 0 Å². The highest BCUT2D eigenvalue weighted by Gasteiger charge is 2.19. The van der Waals surface area contributed by atoms with Crippen LogP contribution < -0.4 is 5.32 Å². The van der Waals surface area contributed by atoms with Gasteiger partial charge in [0.1, 0.15) is 11.3 Å². The summed E-state index contributed by atoms with van der Waals surface area (Å²) in [6.07, 6.45) is 0. The van der Waals surface area contributed by atoms with Crippen LogP contribution in [0.1, 0.15) is 36.7 Å². The van der Waals surface area contributed by atoms with Crippen molar-refractivity contribution < 1.29 is 4.42 Å². The zero-order valence-corrected chi connectivity index (χ0v) is 12.3. The summed E-state index contributed by atoms with van der Waals surface area (Å²) in [5.41, 5.74) is 3.51. The number of halogens is 1. The molecule has 3 heteroatoms. The molecule has 1 aromatic heterocycles. The molecule has 0 bridgehead atoms. The summed E-state index contributed by atoms with van der Waals surface area (Å²) in [5, 5.41) is 4.40. The van der Waals surface area contributed by atoms with Gasteiger partial charge in [-0.2, -0.15) is 0 Å². The molecule has 2 nitrogen and oxygen atoms in total. The van der Waals surface area contributed by atoms with Gasteiger partial charge < -0.3 is 9.73 Å². The standard InChI is InChI=1S/C14H18BrNO/c1-8(2)12-11(7-16-4)17-14-9(3)5-6-10(15)13(12)14/h5-6,8,16H,7H2,1-4H3. The number of aryl methyl sites for hydroxylation is 1. The summed E-state index contributed by atoms with van der Waals surface area (Å²) in [6.45, 7) is 7.27. The Morgan fingerprint density at radius 1 is 1.35 bits per heavy atom. The molecule has 0 aliphatic rings. The number of nitrogens with one attached hydrogen (secondary N) is 1. The molecule has 0 saturated heterocycles. The first-order chi connectivity index (χ1) is 8.06. The number of fused-ring (bicyclic) bond motifs is 1. The lowest BCUT2D eigenvalue weighted by Gasteiger charge is -2.07. The molecule has 0 aliphatic carbocycles. The summed E-state index contributed by atoms with van der Waals surface area (Å²) < 4.78 is 7.14. The Bertz CT molecular complexity index is 543.